The molecule has 0 spiro atoms. The summed E-state index contributed by atoms with van der Waals surface area (Å²) in [5.41, 5.74) is 3.98. The molecule has 7 nitrogen and oxygen atoms in total. The fourth-order valence-corrected chi connectivity index (χ4v) is 2.46. The zero-order chi connectivity index (χ0) is 17.4. The normalized spacial score (nSPS) is 24.6. The molecule has 0 saturated heterocycles. The minimum Gasteiger partial charge on any atom is -0.465 e. The second-order valence-corrected chi connectivity index (χ2v) is 5.45. The van der Waals surface area contributed by atoms with Gasteiger partial charge in [0.2, 0.25) is 0 Å². The fraction of sp³-hybridized carbons (Fsp3) is 0.417. The van der Waals surface area contributed by atoms with Gasteiger partial charge in [-0.05, 0) is 19.1 Å². The van der Waals surface area contributed by atoms with Crippen LogP contribution in [0.5, 0.6) is 0 Å². The van der Waals surface area contributed by atoms with Crippen LogP contribution in [0, 0.1) is 0 Å². The van der Waals surface area contributed by atoms with E-state index < -0.39 is 36.4 Å². The Bertz CT molecular complexity index is 667. The number of nitrogens with zero attached hydrogens (tertiary/aromatic N) is 2. The number of carboxylic acid groups (broad SMARTS) is 1. The second kappa shape index (κ2) is 5.76. The summed E-state index contributed by atoms with van der Waals surface area (Å²) in [5, 5.41) is 10.4. The van der Waals surface area contributed by atoms with E-state index in [-0.39, 0.29) is 16.5 Å². The van der Waals surface area contributed by atoms with Crippen molar-refractivity contribution in [2.45, 2.75) is 31.2 Å². The standard InChI is InChI=1S/C12H12ClF3N4O3/c1-11(8-5(13)2-3-7(17)18-8)4-6(12(14,15)16)23-9(20-11)19-10(21)22/h2-3,6H,4H2,1H3,(H2,17,18)(H,19,20)(H,21,22)/t6-,11-/m0/s1. The first-order valence-corrected chi connectivity index (χ1v) is 6.65. The van der Waals surface area contributed by atoms with Gasteiger partial charge in [0.25, 0.3) is 6.02 Å². The summed E-state index contributed by atoms with van der Waals surface area (Å²) in [4.78, 5) is 18.5. The Labute approximate surface area is 133 Å². The molecule has 1 aliphatic heterocycles. The van der Waals surface area contributed by atoms with E-state index >= 15 is 0 Å². The van der Waals surface area contributed by atoms with E-state index in [0.29, 0.717) is 0 Å². The van der Waals surface area contributed by atoms with Crippen LogP contribution >= 0.6 is 11.6 Å². The number of aromatic nitrogens is 1. The van der Waals surface area contributed by atoms with Gasteiger partial charge in [0.1, 0.15) is 11.4 Å². The maximum absolute atomic E-state index is 13.1. The van der Waals surface area contributed by atoms with Crippen LogP contribution in [0.1, 0.15) is 19.0 Å². The minimum absolute atomic E-state index is 0.00130. The van der Waals surface area contributed by atoms with Crippen molar-refractivity contribution in [1.82, 2.24) is 10.3 Å². The molecule has 0 aliphatic carbocycles. The number of amides is 1. The van der Waals surface area contributed by atoms with Crippen molar-refractivity contribution >= 4 is 29.5 Å². The molecule has 2 atom stereocenters. The molecular formula is C12H12ClF3N4O3. The number of pyridine rings is 1. The molecule has 1 aromatic heterocycles. The van der Waals surface area contributed by atoms with Crippen molar-refractivity contribution in [2.75, 3.05) is 5.73 Å². The number of nitrogens with two attached hydrogens (primary N) is 1. The smallest absolute Gasteiger partial charge is 0.425 e. The van der Waals surface area contributed by atoms with Crippen LogP contribution in [0.3, 0.4) is 0 Å². The van der Waals surface area contributed by atoms with Crippen LogP contribution in [0.4, 0.5) is 23.8 Å². The van der Waals surface area contributed by atoms with E-state index in [9.17, 15) is 18.0 Å². The molecule has 1 aliphatic rings. The summed E-state index contributed by atoms with van der Waals surface area (Å²) in [7, 11) is 0. The number of hydrogen-bond donors (Lipinski definition) is 3. The SMILES string of the molecule is C[C@@]1(c2nc(N)ccc2Cl)C[C@@H](C(F)(F)F)OC(NC(=O)O)=N1. The number of halogens is 4. The van der Waals surface area contributed by atoms with Crippen molar-refractivity contribution in [3.63, 3.8) is 0 Å². The molecule has 11 heteroatoms. The van der Waals surface area contributed by atoms with Crippen molar-refractivity contribution in [1.29, 1.82) is 0 Å². The average molecular weight is 353 g/mol. The zero-order valence-electron chi connectivity index (χ0n) is 11.7. The van der Waals surface area contributed by atoms with E-state index in [1.165, 1.54) is 19.1 Å². The summed E-state index contributed by atoms with van der Waals surface area (Å²) < 4.78 is 43.8. The number of nitrogens with one attached hydrogen (secondary N) is 1. The predicted octanol–water partition coefficient (Wildman–Crippen LogP) is 2.51. The van der Waals surface area contributed by atoms with E-state index in [1.54, 1.807) is 5.32 Å². The van der Waals surface area contributed by atoms with E-state index in [1.807, 2.05) is 0 Å². The molecule has 0 bridgehead atoms. The third kappa shape index (κ3) is 3.76. The molecule has 0 radical (unpaired) electrons. The Hall–Kier alpha value is -2.23. The van der Waals surface area contributed by atoms with Crippen LogP contribution in [-0.2, 0) is 10.3 Å². The highest BCUT2D eigenvalue weighted by molar-refractivity contribution is 6.31. The Balaban J connectivity index is 2.52. The number of amidine groups is 1. The second-order valence-electron chi connectivity index (χ2n) is 5.04. The quantitative estimate of drug-likeness (QED) is 0.719. The molecule has 0 aromatic carbocycles. The first kappa shape index (κ1) is 17.1. The van der Waals surface area contributed by atoms with Gasteiger partial charge in [-0.15, -0.1) is 0 Å². The lowest BCUT2D eigenvalue weighted by Crippen LogP contribution is -2.48. The van der Waals surface area contributed by atoms with Crippen LogP contribution in [0.2, 0.25) is 5.02 Å². The topological polar surface area (TPSA) is 110 Å². The van der Waals surface area contributed by atoms with Gasteiger partial charge in [-0.2, -0.15) is 13.2 Å². The van der Waals surface area contributed by atoms with Crippen molar-refractivity contribution in [3.8, 4) is 0 Å². The van der Waals surface area contributed by atoms with Crippen molar-refractivity contribution < 1.29 is 27.8 Å². The highest BCUT2D eigenvalue weighted by atomic mass is 35.5. The molecule has 0 unspecified atom stereocenters. The lowest BCUT2D eigenvalue weighted by molar-refractivity contribution is -0.208. The largest absolute Gasteiger partial charge is 0.465 e. The Morgan fingerprint density at radius 3 is 2.78 bits per heavy atom. The number of aliphatic imine (C=N–C) groups is 1. The summed E-state index contributed by atoms with van der Waals surface area (Å²) in [6.07, 6.45) is -9.24. The van der Waals surface area contributed by atoms with Gasteiger partial charge in [0.15, 0.2) is 6.10 Å². The minimum atomic E-state index is -4.73. The monoisotopic (exact) mass is 352 g/mol. The van der Waals surface area contributed by atoms with Crippen LogP contribution in [0.25, 0.3) is 0 Å². The lowest BCUT2D eigenvalue weighted by Gasteiger charge is -2.36. The first-order chi connectivity index (χ1) is 10.5. The Kier molecular flexibility index (Phi) is 4.29. The van der Waals surface area contributed by atoms with Gasteiger partial charge in [0.05, 0.1) is 10.7 Å². The Morgan fingerprint density at radius 2 is 2.22 bits per heavy atom. The molecule has 2 heterocycles. The molecule has 23 heavy (non-hydrogen) atoms. The summed E-state index contributed by atoms with van der Waals surface area (Å²) in [5.74, 6) is 0.0450. The maximum atomic E-state index is 13.1. The van der Waals surface area contributed by atoms with E-state index in [2.05, 4.69) is 14.7 Å². The fourth-order valence-electron chi connectivity index (χ4n) is 2.15. The maximum Gasteiger partial charge on any atom is 0.425 e. The molecule has 2 rings (SSSR count). The zero-order valence-corrected chi connectivity index (χ0v) is 12.4. The van der Waals surface area contributed by atoms with Gasteiger partial charge < -0.3 is 15.6 Å². The third-order valence-electron chi connectivity index (χ3n) is 3.14. The molecule has 4 N–H and O–H groups in total. The molecule has 1 amide bonds. The summed E-state index contributed by atoms with van der Waals surface area (Å²) >= 11 is 5.99. The number of ether oxygens (including phenoxy) is 1. The number of alkyl halides is 3. The highest BCUT2D eigenvalue weighted by Crippen LogP contribution is 2.41. The molecular weight excluding hydrogens is 341 g/mol. The van der Waals surface area contributed by atoms with Gasteiger partial charge in [-0.3, -0.25) is 0 Å². The van der Waals surface area contributed by atoms with Crippen molar-refractivity contribution in [3.05, 3.63) is 22.8 Å². The predicted molar refractivity (Wildman–Crippen MR) is 75.2 cm³/mol. The van der Waals surface area contributed by atoms with Gasteiger partial charge in [0, 0.05) is 6.42 Å². The number of hydrogen-bond acceptors (Lipinski definition) is 5. The van der Waals surface area contributed by atoms with Gasteiger partial charge >= 0.3 is 12.3 Å². The molecule has 0 fully saturated rings. The van der Waals surface area contributed by atoms with Crippen molar-refractivity contribution in [2.24, 2.45) is 4.99 Å². The molecule has 126 valence electrons. The van der Waals surface area contributed by atoms with Crippen LogP contribution < -0.4 is 11.1 Å². The number of rotatable bonds is 1. The highest BCUT2D eigenvalue weighted by Gasteiger charge is 2.51. The van der Waals surface area contributed by atoms with Gasteiger partial charge in [-0.25, -0.2) is 20.1 Å². The van der Waals surface area contributed by atoms with Crippen LogP contribution in [-0.4, -0.2) is 34.5 Å². The number of anilines is 1. The molecule has 1 aromatic rings. The lowest BCUT2D eigenvalue weighted by atomic mass is 9.89. The summed E-state index contributed by atoms with van der Waals surface area (Å²) in [6, 6.07) is 1.98. The average Bonchev–Trinajstić information content (AvgIpc) is 2.39. The van der Waals surface area contributed by atoms with E-state index in [4.69, 9.17) is 22.4 Å². The van der Waals surface area contributed by atoms with Gasteiger partial charge in [-0.1, -0.05) is 11.6 Å². The molecule has 0 saturated carbocycles. The Morgan fingerprint density at radius 1 is 1.57 bits per heavy atom. The third-order valence-corrected chi connectivity index (χ3v) is 3.45. The van der Waals surface area contributed by atoms with E-state index in [0.717, 1.165) is 0 Å². The first-order valence-electron chi connectivity index (χ1n) is 6.27. The number of carbonyl (C=O) groups is 1. The number of nitrogen functional groups attached to an aromatic ring is 1. The summed E-state index contributed by atoms with van der Waals surface area (Å²) in [6.45, 7) is 1.34. The van der Waals surface area contributed by atoms with Crippen LogP contribution in [0.15, 0.2) is 17.1 Å².